The lowest BCUT2D eigenvalue weighted by Gasteiger charge is -2.35. The second-order valence-corrected chi connectivity index (χ2v) is 6.61. The van der Waals surface area contributed by atoms with Crippen LogP contribution >= 0.6 is 0 Å². The third kappa shape index (κ3) is 7.24. The maximum Gasteiger partial charge on any atom is 0.129 e. The SMILES string of the molecule is C=C\C=C/C=C\C=C(/N=C(C=C)c1ccc(OCC)cc1)N1CCN(CC)CC1. The Morgan fingerprint density at radius 2 is 1.69 bits per heavy atom. The van der Waals surface area contributed by atoms with Gasteiger partial charge in [0.2, 0.25) is 0 Å². The predicted octanol–water partition coefficient (Wildman–Crippen LogP) is 4.84. The smallest absolute Gasteiger partial charge is 0.129 e. The fourth-order valence-electron chi connectivity index (χ4n) is 3.10. The van der Waals surface area contributed by atoms with E-state index in [0.29, 0.717) is 6.61 Å². The molecule has 0 aliphatic carbocycles. The van der Waals surface area contributed by atoms with Gasteiger partial charge in [-0.25, -0.2) is 4.99 Å². The van der Waals surface area contributed by atoms with Crippen LogP contribution < -0.4 is 4.74 Å². The van der Waals surface area contributed by atoms with Crippen LogP contribution in [0.2, 0.25) is 0 Å². The van der Waals surface area contributed by atoms with Gasteiger partial charge in [0, 0.05) is 31.7 Å². The summed E-state index contributed by atoms with van der Waals surface area (Å²) in [4.78, 5) is 9.76. The number of rotatable bonds is 10. The maximum atomic E-state index is 5.54. The van der Waals surface area contributed by atoms with Gasteiger partial charge < -0.3 is 14.5 Å². The van der Waals surface area contributed by atoms with E-state index in [1.165, 1.54) is 0 Å². The molecule has 2 rings (SSSR count). The average molecular weight is 392 g/mol. The molecule has 0 unspecified atom stereocenters. The highest BCUT2D eigenvalue weighted by molar-refractivity contribution is 6.08. The monoisotopic (exact) mass is 391 g/mol. The molecule has 0 N–H and O–H groups in total. The van der Waals surface area contributed by atoms with Crippen LogP contribution in [0.1, 0.15) is 19.4 Å². The normalized spacial score (nSPS) is 16.6. The molecule has 0 spiro atoms. The van der Waals surface area contributed by atoms with Gasteiger partial charge in [-0.3, -0.25) is 0 Å². The number of piperazine rings is 1. The highest BCUT2D eigenvalue weighted by atomic mass is 16.5. The molecule has 4 heteroatoms. The molecule has 1 heterocycles. The summed E-state index contributed by atoms with van der Waals surface area (Å²) in [6.07, 6.45) is 13.5. The van der Waals surface area contributed by atoms with Crippen LogP contribution in [0, 0.1) is 0 Å². The Bertz CT molecular complexity index is 764. The molecule has 1 fully saturated rings. The predicted molar refractivity (Wildman–Crippen MR) is 125 cm³/mol. The van der Waals surface area contributed by atoms with Gasteiger partial charge in [-0.2, -0.15) is 0 Å². The molecule has 154 valence electrons. The van der Waals surface area contributed by atoms with Gasteiger partial charge in [0.25, 0.3) is 0 Å². The molecule has 0 aromatic heterocycles. The molecule has 1 aromatic carbocycles. The lowest BCUT2D eigenvalue weighted by molar-refractivity contribution is 0.164. The van der Waals surface area contributed by atoms with Crippen LogP contribution in [0.15, 0.2) is 90.8 Å². The number of aliphatic imine (C=N–C) groups is 1. The Kier molecular flexibility index (Phi) is 9.73. The summed E-state index contributed by atoms with van der Waals surface area (Å²) in [7, 11) is 0. The summed E-state index contributed by atoms with van der Waals surface area (Å²) in [6.45, 7) is 17.7. The molecule has 1 aliphatic heterocycles. The molecule has 0 amide bonds. The van der Waals surface area contributed by atoms with Crippen molar-refractivity contribution in [3.05, 3.63) is 91.3 Å². The first kappa shape index (κ1) is 22.4. The first-order valence-electron chi connectivity index (χ1n) is 10.3. The number of benzene rings is 1. The quantitative estimate of drug-likeness (QED) is 0.422. The fourth-order valence-corrected chi connectivity index (χ4v) is 3.10. The number of allylic oxidation sites excluding steroid dienone is 7. The van der Waals surface area contributed by atoms with Gasteiger partial charge in [0.15, 0.2) is 0 Å². The second kappa shape index (κ2) is 12.6. The molecule has 1 saturated heterocycles. The van der Waals surface area contributed by atoms with E-state index in [1.54, 1.807) is 6.08 Å². The topological polar surface area (TPSA) is 28.1 Å². The van der Waals surface area contributed by atoms with Crippen LogP contribution in [0.25, 0.3) is 0 Å². The first-order chi connectivity index (χ1) is 14.2. The average Bonchev–Trinajstić information content (AvgIpc) is 2.77. The van der Waals surface area contributed by atoms with Crippen LogP contribution in [0.3, 0.4) is 0 Å². The van der Waals surface area contributed by atoms with Gasteiger partial charge in [-0.15, -0.1) is 0 Å². The Balaban J connectivity index is 2.28. The largest absolute Gasteiger partial charge is 0.494 e. The van der Waals surface area contributed by atoms with Crippen LogP contribution in [-0.2, 0) is 0 Å². The third-order valence-electron chi connectivity index (χ3n) is 4.75. The zero-order valence-corrected chi connectivity index (χ0v) is 17.8. The minimum atomic E-state index is 0.658. The van der Waals surface area contributed by atoms with Gasteiger partial charge in [-0.05, 0) is 49.9 Å². The lowest BCUT2D eigenvalue weighted by atomic mass is 10.1. The maximum absolute atomic E-state index is 5.54. The Hall–Kier alpha value is -2.85. The summed E-state index contributed by atoms with van der Waals surface area (Å²) in [6, 6.07) is 8.00. The standard InChI is InChI=1S/C25H33N3O/c1-5-9-10-11-12-13-25(28-20-18-27(7-3)19-21-28)26-24(6-2)22-14-16-23(17-15-22)29-8-4/h5-6,9-17H,1-2,7-8,18-21H2,3-4H3/b10-9-,12-11-,25-13+,26-24?. The van der Waals surface area contributed by atoms with Gasteiger partial charge >= 0.3 is 0 Å². The molecule has 1 aliphatic rings. The van der Waals surface area contributed by atoms with E-state index in [-0.39, 0.29) is 0 Å². The van der Waals surface area contributed by atoms with Gasteiger partial charge in [-0.1, -0.05) is 50.5 Å². The Morgan fingerprint density at radius 3 is 2.28 bits per heavy atom. The molecule has 0 atom stereocenters. The zero-order valence-electron chi connectivity index (χ0n) is 17.8. The Labute approximate surface area is 175 Å². The number of likely N-dealkylation sites (N-methyl/N-ethyl adjacent to an activating group) is 1. The van der Waals surface area contributed by atoms with E-state index >= 15 is 0 Å². The van der Waals surface area contributed by atoms with Crippen LogP contribution in [-0.4, -0.2) is 54.8 Å². The summed E-state index contributed by atoms with van der Waals surface area (Å²) < 4.78 is 5.54. The fraction of sp³-hybridized carbons (Fsp3) is 0.320. The zero-order chi connectivity index (χ0) is 20.9. The van der Waals surface area contributed by atoms with Gasteiger partial charge in [0.1, 0.15) is 11.6 Å². The summed E-state index contributed by atoms with van der Waals surface area (Å²) in [5.74, 6) is 1.82. The third-order valence-corrected chi connectivity index (χ3v) is 4.75. The minimum absolute atomic E-state index is 0.658. The molecule has 0 bridgehead atoms. The summed E-state index contributed by atoms with van der Waals surface area (Å²) in [5.41, 5.74) is 1.88. The molecule has 0 saturated carbocycles. The van der Waals surface area contributed by atoms with E-state index in [2.05, 4.69) is 36.0 Å². The highest BCUT2D eigenvalue weighted by Gasteiger charge is 2.17. The van der Waals surface area contributed by atoms with E-state index < -0.39 is 0 Å². The molecule has 4 nitrogen and oxygen atoms in total. The van der Waals surface area contributed by atoms with E-state index in [4.69, 9.17) is 9.73 Å². The van der Waals surface area contributed by atoms with Crippen molar-refractivity contribution < 1.29 is 4.74 Å². The number of hydrogen-bond acceptors (Lipinski definition) is 4. The van der Waals surface area contributed by atoms with Crippen molar-refractivity contribution >= 4 is 5.71 Å². The van der Waals surface area contributed by atoms with Crippen molar-refractivity contribution in [2.45, 2.75) is 13.8 Å². The molecular weight excluding hydrogens is 358 g/mol. The summed E-state index contributed by atoms with van der Waals surface area (Å²) in [5, 5.41) is 0. The van der Waals surface area contributed by atoms with Crippen LogP contribution in [0.5, 0.6) is 5.75 Å². The minimum Gasteiger partial charge on any atom is -0.494 e. The molecule has 29 heavy (non-hydrogen) atoms. The van der Waals surface area contributed by atoms with Crippen molar-refractivity contribution in [1.29, 1.82) is 0 Å². The highest BCUT2D eigenvalue weighted by Crippen LogP contribution is 2.17. The molecular formula is C25H33N3O. The number of nitrogens with zero attached hydrogens (tertiary/aromatic N) is 3. The lowest BCUT2D eigenvalue weighted by Crippen LogP contribution is -2.45. The number of ether oxygens (including phenoxy) is 1. The number of hydrogen-bond donors (Lipinski definition) is 0. The van der Waals surface area contributed by atoms with Crippen molar-refractivity contribution in [3.8, 4) is 5.75 Å². The first-order valence-corrected chi connectivity index (χ1v) is 10.3. The van der Waals surface area contributed by atoms with E-state index in [0.717, 1.165) is 55.6 Å². The van der Waals surface area contributed by atoms with Crippen molar-refractivity contribution in [2.75, 3.05) is 39.3 Å². The van der Waals surface area contributed by atoms with Crippen molar-refractivity contribution in [3.63, 3.8) is 0 Å². The molecule has 0 radical (unpaired) electrons. The summed E-state index contributed by atoms with van der Waals surface area (Å²) >= 11 is 0. The van der Waals surface area contributed by atoms with Crippen molar-refractivity contribution in [1.82, 2.24) is 9.80 Å². The van der Waals surface area contributed by atoms with E-state index in [1.807, 2.05) is 61.6 Å². The molecule has 1 aromatic rings. The second-order valence-electron chi connectivity index (χ2n) is 6.61. The van der Waals surface area contributed by atoms with Crippen molar-refractivity contribution in [2.24, 2.45) is 4.99 Å². The van der Waals surface area contributed by atoms with Crippen LogP contribution in [0.4, 0.5) is 0 Å². The van der Waals surface area contributed by atoms with Gasteiger partial charge in [0.05, 0.1) is 12.3 Å². The Morgan fingerprint density at radius 1 is 1.00 bits per heavy atom. The van der Waals surface area contributed by atoms with E-state index in [9.17, 15) is 0 Å².